The van der Waals surface area contributed by atoms with Crippen LogP contribution in [-0.4, -0.2) is 17.0 Å². The number of hydrazine groups is 1. The van der Waals surface area contributed by atoms with Crippen LogP contribution in [0.5, 0.6) is 0 Å². The summed E-state index contributed by atoms with van der Waals surface area (Å²) in [6.45, 7) is 0. The van der Waals surface area contributed by atoms with Gasteiger partial charge in [0.15, 0.2) is 0 Å². The molecule has 90 valence electrons. The number of nitrogens with one attached hydrogen (secondary N) is 2. The lowest BCUT2D eigenvalue weighted by molar-refractivity contribution is -0.131. The molecule has 0 saturated heterocycles. The first-order valence-electron chi connectivity index (χ1n) is 4.41. The number of hydrogen-bond donors (Lipinski definition) is 3. The van der Waals surface area contributed by atoms with E-state index in [-0.39, 0.29) is 0 Å². The zero-order chi connectivity index (χ0) is 12.8. The van der Waals surface area contributed by atoms with Crippen LogP contribution >= 0.6 is 23.2 Å². The maximum Gasteiger partial charge on any atom is 0.328 e. The lowest BCUT2D eigenvalue weighted by Gasteiger charge is -2.07. The maximum absolute atomic E-state index is 11.1. The van der Waals surface area contributed by atoms with Crippen molar-refractivity contribution in [1.82, 2.24) is 5.43 Å². The van der Waals surface area contributed by atoms with Gasteiger partial charge in [-0.05, 0) is 18.2 Å². The number of halogens is 2. The molecule has 0 spiro atoms. The SMILES string of the molecule is O=C(O)/C=C\C(=O)NNc1ccc(Cl)c(Cl)c1. The minimum absolute atomic E-state index is 0.340. The third-order valence-electron chi connectivity index (χ3n) is 1.63. The molecule has 5 nitrogen and oxygen atoms in total. The third-order valence-corrected chi connectivity index (χ3v) is 2.37. The Bertz CT molecular complexity index is 475. The number of benzene rings is 1. The molecule has 0 unspecified atom stereocenters. The summed E-state index contributed by atoms with van der Waals surface area (Å²) in [6.07, 6.45) is 1.61. The van der Waals surface area contributed by atoms with Crippen molar-refractivity contribution in [2.75, 3.05) is 5.43 Å². The van der Waals surface area contributed by atoms with Gasteiger partial charge in [-0.1, -0.05) is 23.2 Å². The molecule has 1 aromatic carbocycles. The first kappa shape index (κ1) is 13.3. The number of carbonyl (C=O) groups excluding carboxylic acids is 1. The molecule has 0 aliphatic rings. The van der Waals surface area contributed by atoms with Crippen LogP contribution in [0.1, 0.15) is 0 Å². The molecule has 7 heteroatoms. The predicted molar refractivity (Wildman–Crippen MR) is 65.0 cm³/mol. The molecule has 1 aromatic rings. The summed E-state index contributed by atoms with van der Waals surface area (Å²) in [6, 6.07) is 4.69. The highest BCUT2D eigenvalue weighted by Crippen LogP contribution is 2.24. The second-order valence-electron chi connectivity index (χ2n) is 2.91. The van der Waals surface area contributed by atoms with Gasteiger partial charge in [0.1, 0.15) is 0 Å². The lowest BCUT2D eigenvalue weighted by atomic mass is 10.3. The molecular formula is C10H8Cl2N2O3. The fraction of sp³-hybridized carbons (Fsp3) is 0. The Labute approximate surface area is 107 Å². The first-order valence-corrected chi connectivity index (χ1v) is 5.16. The van der Waals surface area contributed by atoms with Crippen LogP contribution in [0.2, 0.25) is 10.0 Å². The van der Waals surface area contributed by atoms with Gasteiger partial charge in [0, 0.05) is 12.2 Å². The Morgan fingerprint density at radius 1 is 1.18 bits per heavy atom. The Kier molecular flexibility index (Phi) is 4.81. The van der Waals surface area contributed by atoms with E-state index >= 15 is 0 Å². The first-order chi connectivity index (χ1) is 7.99. The molecule has 17 heavy (non-hydrogen) atoms. The van der Waals surface area contributed by atoms with Gasteiger partial charge in [-0.3, -0.25) is 15.6 Å². The molecule has 0 aliphatic carbocycles. The van der Waals surface area contributed by atoms with Crippen LogP contribution < -0.4 is 10.9 Å². The molecule has 1 amide bonds. The van der Waals surface area contributed by atoms with E-state index in [2.05, 4.69) is 10.9 Å². The Hall–Kier alpha value is -1.72. The van der Waals surface area contributed by atoms with Gasteiger partial charge in [-0.15, -0.1) is 0 Å². The number of amides is 1. The van der Waals surface area contributed by atoms with Crippen molar-refractivity contribution < 1.29 is 14.7 Å². The van der Waals surface area contributed by atoms with Gasteiger partial charge in [0.2, 0.25) is 0 Å². The lowest BCUT2D eigenvalue weighted by Crippen LogP contribution is -2.27. The topological polar surface area (TPSA) is 78.4 Å². The van der Waals surface area contributed by atoms with Crippen molar-refractivity contribution in [2.24, 2.45) is 0 Å². The molecule has 0 aromatic heterocycles. The standard InChI is InChI=1S/C10H8Cl2N2O3/c11-7-2-1-6(5-8(7)12)13-14-9(15)3-4-10(16)17/h1-5,13H,(H,14,15)(H,16,17)/b4-3-. The number of carboxylic acid groups (broad SMARTS) is 1. The second-order valence-corrected chi connectivity index (χ2v) is 3.73. The Morgan fingerprint density at radius 3 is 2.47 bits per heavy atom. The van der Waals surface area contributed by atoms with E-state index in [1.54, 1.807) is 12.1 Å². The van der Waals surface area contributed by atoms with E-state index < -0.39 is 11.9 Å². The number of rotatable bonds is 4. The molecule has 0 radical (unpaired) electrons. The molecule has 0 fully saturated rings. The van der Waals surface area contributed by atoms with E-state index in [4.69, 9.17) is 28.3 Å². The largest absolute Gasteiger partial charge is 0.478 e. The highest BCUT2D eigenvalue weighted by molar-refractivity contribution is 6.42. The third kappa shape index (κ3) is 4.76. The summed E-state index contributed by atoms with van der Waals surface area (Å²) in [5.41, 5.74) is 5.33. The summed E-state index contributed by atoms with van der Waals surface area (Å²) in [4.78, 5) is 21.2. The van der Waals surface area contributed by atoms with Crippen molar-refractivity contribution in [1.29, 1.82) is 0 Å². The highest BCUT2D eigenvalue weighted by Gasteiger charge is 2.00. The molecule has 0 heterocycles. The normalized spacial score (nSPS) is 10.2. The van der Waals surface area contributed by atoms with E-state index in [0.717, 1.165) is 12.2 Å². The van der Waals surface area contributed by atoms with Gasteiger partial charge >= 0.3 is 5.97 Å². The van der Waals surface area contributed by atoms with E-state index in [0.29, 0.717) is 15.7 Å². The van der Waals surface area contributed by atoms with E-state index in [1.807, 2.05) is 0 Å². The molecule has 0 aliphatic heterocycles. The highest BCUT2D eigenvalue weighted by atomic mass is 35.5. The van der Waals surface area contributed by atoms with Crippen molar-refractivity contribution in [3.63, 3.8) is 0 Å². The van der Waals surface area contributed by atoms with Crippen LogP contribution in [0.25, 0.3) is 0 Å². The Balaban J connectivity index is 2.53. The van der Waals surface area contributed by atoms with Gasteiger partial charge in [-0.25, -0.2) is 4.79 Å². The van der Waals surface area contributed by atoms with Gasteiger partial charge in [0.25, 0.3) is 5.91 Å². The van der Waals surface area contributed by atoms with Gasteiger partial charge < -0.3 is 5.11 Å². The van der Waals surface area contributed by atoms with Crippen LogP contribution in [0.3, 0.4) is 0 Å². The second kappa shape index (κ2) is 6.12. The molecule has 1 rings (SSSR count). The van der Waals surface area contributed by atoms with Gasteiger partial charge in [-0.2, -0.15) is 0 Å². The zero-order valence-corrected chi connectivity index (χ0v) is 9.92. The zero-order valence-electron chi connectivity index (χ0n) is 8.41. The Morgan fingerprint density at radius 2 is 1.88 bits per heavy atom. The predicted octanol–water partition coefficient (Wildman–Crippen LogP) is 2.08. The molecule has 0 saturated carbocycles. The van der Waals surface area contributed by atoms with Crippen LogP contribution in [0.4, 0.5) is 5.69 Å². The molecule has 0 atom stereocenters. The van der Waals surface area contributed by atoms with Crippen LogP contribution in [-0.2, 0) is 9.59 Å². The summed E-state index contributed by atoms with van der Waals surface area (Å²) in [7, 11) is 0. The average Bonchev–Trinajstić information content (AvgIpc) is 2.28. The summed E-state index contributed by atoms with van der Waals surface area (Å²) < 4.78 is 0. The fourth-order valence-corrected chi connectivity index (χ4v) is 1.19. The monoisotopic (exact) mass is 274 g/mol. The van der Waals surface area contributed by atoms with Crippen LogP contribution in [0.15, 0.2) is 30.4 Å². The molecule has 0 bridgehead atoms. The maximum atomic E-state index is 11.1. The van der Waals surface area contributed by atoms with Crippen molar-refractivity contribution >= 4 is 40.8 Å². The van der Waals surface area contributed by atoms with Gasteiger partial charge in [0.05, 0.1) is 15.7 Å². The summed E-state index contributed by atoms with van der Waals surface area (Å²) in [5, 5.41) is 9.03. The number of carboxylic acids is 1. The quantitative estimate of drug-likeness (QED) is 0.580. The average molecular weight is 275 g/mol. The van der Waals surface area contributed by atoms with E-state index in [9.17, 15) is 9.59 Å². The molecular weight excluding hydrogens is 267 g/mol. The van der Waals surface area contributed by atoms with Crippen molar-refractivity contribution in [3.05, 3.63) is 40.4 Å². The minimum Gasteiger partial charge on any atom is -0.478 e. The molecule has 3 N–H and O–H groups in total. The number of carbonyl (C=O) groups is 2. The number of hydrogen-bond acceptors (Lipinski definition) is 3. The van der Waals surface area contributed by atoms with E-state index in [1.165, 1.54) is 6.07 Å². The van der Waals surface area contributed by atoms with Crippen molar-refractivity contribution in [3.8, 4) is 0 Å². The number of aliphatic carboxylic acids is 1. The van der Waals surface area contributed by atoms with Crippen LogP contribution in [0, 0.1) is 0 Å². The summed E-state index contributed by atoms with van der Waals surface area (Å²) >= 11 is 11.5. The fourth-order valence-electron chi connectivity index (χ4n) is 0.896. The smallest absolute Gasteiger partial charge is 0.328 e. The minimum atomic E-state index is -1.20. The summed E-state index contributed by atoms with van der Waals surface area (Å²) in [5.74, 6) is -1.80. The number of anilines is 1. The van der Waals surface area contributed by atoms with Crippen molar-refractivity contribution in [2.45, 2.75) is 0 Å².